The maximum Gasteiger partial charge on any atom is 0.371 e. The average molecular weight is 504 g/mol. The summed E-state index contributed by atoms with van der Waals surface area (Å²) < 4.78 is 32.7. The van der Waals surface area contributed by atoms with E-state index in [0.717, 1.165) is 0 Å². The first-order valence-electron chi connectivity index (χ1n) is 9.34. The third-order valence-corrected chi connectivity index (χ3v) is 8.44. The quantitative estimate of drug-likeness (QED) is 0.486. The van der Waals surface area contributed by atoms with Crippen molar-refractivity contribution >= 4 is 67.5 Å². The second-order valence-electron chi connectivity index (χ2n) is 7.13. The number of nitrogens with zero attached hydrogens (tertiary/aromatic N) is 1. The van der Waals surface area contributed by atoms with Gasteiger partial charge in [0.05, 0.1) is 20.8 Å². The van der Waals surface area contributed by atoms with E-state index in [4.69, 9.17) is 44.3 Å². The van der Waals surface area contributed by atoms with Crippen LogP contribution in [0.3, 0.4) is 0 Å². The van der Waals surface area contributed by atoms with Crippen LogP contribution in [0, 0.1) is 0 Å². The normalized spacial score (nSPS) is 16.0. The fourth-order valence-corrected chi connectivity index (χ4v) is 6.44. The summed E-state index contributed by atoms with van der Waals surface area (Å²) in [6, 6.07) is 9.32. The van der Waals surface area contributed by atoms with E-state index in [-0.39, 0.29) is 39.8 Å². The lowest BCUT2D eigenvalue weighted by Gasteiger charge is -2.32. The van der Waals surface area contributed by atoms with Gasteiger partial charge in [0.25, 0.3) is 0 Å². The Kier molecular flexibility index (Phi) is 6.11. The zero-order valence-corrected chi connectivity index (χ0v) is 19.0. The molecule has 164 valence electrons. The number of anilines is 1. The number of benzene rings is 2. The van der Waals surface area contributed by atoms with Crippen molar-refractivity contribution in [3.8, 4) is 0 Å². The van der Waals surface area contributed by atoms with Gasteiger partial charge in [0.1, 0.15) is 10.5 Å². The number of aromatic carboxylic acids is 1. The Morgan fingerprint density at radius 2 is 1.74 bits per heavy atom. The smallest absolute Gasteiger partial charge is 0.371 e. The average Bonchev–Trinajstić information content (AvgIpc) is 3.16. The minimum absolute atomic E-state index is 0.0195. The molecule has 0 spiro atoms. The number of rotatable bonds is 5. The van der Waals surface area contributed by atoms with Gasteiger partial charge in [0.15, 0.2) is 0 Å². The van der Waals surface area contributed by atoms with Crippen LogP contribution < -0.4 is 5.32 Å². The Morgan fingerprint density at radius 3 is 2.35 bits per heavy atom. The fourth-order valence-electron chi connectivity index (χ4n) is 3.61. The Hall–Kier alpha value is -1.97. The first-order valence-corrected chi connectivity index (χ1v) is 11.9. The van der Waals surface area contributed by atoms with Gasteiger partial charge in [0.2, 0.25) is 15.8 Å². The van der Waals surface area contributed by atoms with Gasteiger partial charge in [-0.15, -0.1) is 0 Å². The van der Waals surface area contributed by atoms with Crippen molar-refractivity contribution in [3.05, 3.63) is 57.2 Å². The highest BCUT2D eigenvalue weighted by molar-refractivity contribution is 7.89. The number of carbonyl (C=O) groups is 1. The van der Waals surface area contributed by atoms with Crippen LogP contribution in [-0.2, 0) is 10.0 Å². The topological polar surface area (TPSA) is 99.9 Å². The fraction of sp³-hybridized carbons (Fsp3) is 0.250. The van der Waals surface area contributed by atoms with Gasteiger partial charge in [-0.2, -0.15) is 4.31 Å². The molecule has 3 aromatic rings. The van der Waals surface area contributed by atoms with Crippen molar-refractivity contribution in [1.82, 2.24) is 4.31 Å². The molecule has 0 bridgehead atoms. The summed E-state index contributed by atoms with van der Waals surface area (Å²) in [5, 5.41) is 13.4. The molecule has 11 heteroatoms. The molecular weight excluding hydrogens is 487 g/mol. The van der Waals surface area contributed by atoms with Crippen LogP contribution in [0.25, 0.3) is 11.0 Å². The van der Waals surface area contributed by atoms with Crippen molar-refractivity contribution in [2.45, 2.75) is 23.8 Å². The molecule has 0 amide bonds. The molecule has 31 heavy (non-hydrogen) atoms. The zero-order valence-electron chi connectivity index (χ0n) is 15.9. The van der Waals surface area contributed by atoms with E-state index in [1.807, 2.05) is 0 Å². The number of hydrogen-bond acceptors (Lipinski definition) is 5. The molecule has 0 aliphatic carbocycles. The van der Waals surface area contributed by atoms with Crippen LogP contribution in [0.4, 0.5) is 5.69 Å². The molecule has 0 radical (unpaired) electrons. The molecule has 2 N–H and O–H groups in total. The van der Waals surface area contributed by atoms with E-state index < -0.39 is 16.0 Å². The Morgan fingerprint density at radius 1 is 1.10 bits per heavy atom. The SMILES string of the molecule is O=C(O)c1cc2c(Cl)c(NC3CCN(S(=O)(=O)c4c(Cl)cccc4Cl)CC3)ccc2o1. The molecule has 1 aliphatic heterocycles. The van der Waals surface area contributed by atoms with E-state index >= 15 is 0 Å². The maximum absolute atomic E-state index is 13.0. The number of furan rings is 1. The molecule has 1 aliphatic rings. The summed E-state index contributed by atoms with van der Waals surface area (Å²) in [5.74, 6) is -1.36. The molecule has 1 saturated heterocycles. The van der Waals surface area contributed by atoms with E-state index in [1.165, 1.54) is 22.5 Å². The third-order valence-electron chi connectivity index (χ3n) is 5.18. The minimum atomic E-state index is -3.81. The summed E-state index contributed by atoms with van der Waals surface area (Å²) >= 11 is 18.6. The summed E-state index contributed by atoms with van der Waals surface area (Å²) in [5.41, 5.74) is 1.01. The molecule has 1 aromatic heterocycles. The van der Waals surface area contributed by atoms with E-state index in [1.54, 1.807) is 18.2 Å². The van der Waals surface area contributed by atoms with Crippen LogP contribution >= 0.6 is 34.8 Å². The van der Waals surface area contributed by atoms with E-state index in [9.17, 15) is 13.2 Å². The van der Waals surface area contributed by atoms with Crippen LogP contribution in [0.2, 0.25) is 15.1 Å². The van der Waals surface area contributed by atoms with Gasteiger partial charge >= 0.3 is 5.97 Å². The molecule has 0 saturated carbocycles. The first-order chi connectivity index (χ1) is 14.7. The standard InChI is InChI=1S/C20H17Cl3N2O5S/c21-13-2-1-3-14(22)19(13)31(28,29)25-8-6-11(7-9-25)24-15-4-5-16-12(18(15)23)10-17(30-16)20(26)27/h1-5,10-11,24H,6-9H2,(H,26,27). The highest BCUT2D eigenvalue weighted by Gasteiger charge is 2.32. The lowest BCUT2D eigenvalue weighted by atomic mass is 10.1. The van der Waals surface area contributed by atoms with Crippen LogP contribution in [0.15, 0.2) is 45.7 Å². The van der Waals surface area contributed by atoms with E-state index in [2.05, 4.69) is 5.32 Å². The second-order valence-corrected chi connectivity index (χ2v) is 10.2. The molecule has 0 unspecified atom stereocenters. The molecule has 7 nitrogen and oxygen atoms in total. The first kappa shape index (κ1) is 22.2. The van der Waals surface area contributed by atoms with E-state index in [0.29, 0.717) is 34.5 Å². The highest BCUT2D eigenvalue weighted by atomic mass is 35.5. The molecule has 0 atom stereocenters. The predicted molar refractivity (Wildman–Crippen MR) is 120 cm³/mol. The molecule has 2 heterocycles. The maximum atomic E-state index is 13.0. The summed E-state index contributed by atoms with van der Waals surface area (Å²) in [6.45, 7) is 0.576. The number of fused-ring (bicyclic) bond motifs is 1. The largest absolute Gasteiger partial charge is 0.475 e. The van der Waals surface area contributed by atoms with Gasteiger partial charge in [-0.05, 0) is 37.1 Å². The monoisotopic (exact) mass is 502 g/mol. The van der Waals surface area contributed by atoms with Crippen LogP contribution in [-0.4, -0.2) is 42.9 Å². The number of carboxylic acids is 1. The number of sulfonamides is 1. The van der Waals surface area contributed by atoms with Crippen LogP contribution in [0.1, 0.15) is 23.4 Å². The van der Waals surface area contributed by atoms with Crippen molar-refractivity contribution in [1.29, 1.82) is 0 Å². The van der Waals surface area contributed by atoms with Crippen molar-refractivity contribution in [3.63, 3.8) is 0 Å². The summed E-state index contributed by atoms with van der Waals surface area (Å²) in [6.07, 6.45) is 1.09. The molecule has 1 fully saturated rings. The lowest BCUT2D eigenvalue weighted by Crippen LogP contribution is -2.42. The second kappa shape index (κ2) is 8.52. The number of carboxylic acid groups (broad SMARTS) is 1. The van der Waals surface area contributed by atoms with Crippen molar-refractivity contribution < 1.29 is 22.7 Å². The number of hydrogen-bond donors (Lipinski definition) is 2. The van der Waals surface area contributed by atoms with Crippen molar-refractivity contribution in [2.24, 2.45) is 0 Å². The number of halogens is 3. The molecule has 2 aromatic carbocycles. The molecular formula is C20H17Cl3N2O5S. The van der Waals surface area contributed by atoms with Crippen molar-refractivity contribution in [2.75, 3.05) is 18.4 Å². The Labute approximate surface area is 193 Å². The molecule has 4 rings (SSSR count). The van der Waals surface area contributed by atoms with Gasteiger partial charge in [0, 0.05) is 30.6 Å². The Balaban J connectivity index is 1.48. The summed E-state index contributed by atoms with van der Waals surface area (Å²) in [7, 11) is -3.81. The lowest BCUT2D eigenvalue weighted by molar-refractivity contribution is 0.0665. The highest BCUT2D eigenvalue weighted by Crippen LogP contribution is 2.36. The zero-order chi connectivity index (χ0) is 22.3. The van der Waals surface area contributed by atoms with Gasteiger partial charge in [-0.1, -0.05) is 40.9 Å². The van der Waals surface area contributed by atoms with Gasteiger partial charge in [-0.3, -0.25) is 0 Å². The number of piperidine rings is 1. The van der Waals surface area contributed by atoms with Gasteiger partial charge < -0.3 is 14.8 Å². The Bertz CT molecular complexity index is 1250. The summed E-state index contributed by atoms with van der Waals surface area (Å²) in [4.78, 5) is 11.0. The minimum Gasteiger partial charge on any atom is -0.475 e. The predicted octanol–water partition coefficient (Wildman–Crippen LogP) is 5.36. The van der Waals surface area contributed by atoms with Gasteiger partial charge in [-0.25, -0.2) is 13.2 Å². The third kappa shape index (κ3) is 4.23. The van der Waals surface area contributed by atoms with Crippen LogP contribution in [0.5, 0.6) is 0 Å². The number of nitrogens with one attached hydrogen (secondary N) is 1.